The molecule has 0 bridgehead atoms. The van der Waals surface area contributed by atoms with E-state index in [0.29, 0.717) is 24.8 Å². The van der Waals surface area contributed by atoms with Gasteiger partial charge in [-0.25, -0.2) is 4.39 Å². The van der Waals surface area contributed by atoms with Gasteiger partial charge in [-0.15, -0.1) is 11.6 Å². The Hall–Kier alpha value is -1.53. The van der Waals surface area contributed by atoms with E-state index in [1.807, 2.05) is 13.8 Å². The van der Waals surface area contributed by atoms with Crippen molar-refractivity contribution in [2.45, 2.75) is 77.2 Å². The number of carbonyl (C=O) groups excluding carboxylic acids is 3. The number of carbonyl (C=O) groups is 3. The SMILES string of the molecule is CCC(=O)O[C@@]1(C(=O)CCl)[C@@H](C)C[C@@H]2[C@H]3CCC4=CC(=O)C=C[C@@]4(C)[C@]3(F)[C@@H](O)C[C@@]21C. The molecule has 0 spiro atoms. The van der Waals surface area contributed by atoms with Crippen LogP contribution in [-0.4, -0.2) is 45.9 Å². The van der Waals surface area contributed by atoms with Crippen LogP contribution in [0.25, 0.3) is 0 Å². The number of allylic oxidation sites excluding steroid dienone is 4. The molecule has 3 fully saturated rings. The summed E-state index contributed by atoms with van der Waals surface area (Å²) in [5, 5.41) is 11.4. The predicted octanol–water partition coefficient (Wildman–Crippen LogP) is 4.10. The van der Waals surface area contributed by atoms with E-state index in [9.17, 15) is 19.5 Å². The van der Waals surface area contributed by atoms with Crippen molar-refractivity contribution >= 4 is 29.1 Å². The van der Waals surface area contributed by atoms with Gasteiger partial charge in [0.2, 0.25) is 0 Å². The van der Waals surface area contributed by atoms with E-state index >= 15 is 4.39 Å². The lowest BCUT2D eigenvalue weighted by molar-refractivity contribution is -0.227. The van der Waals surface area contributed by atoms with Gasteiger partial charge in [0.15, 0.2) is 22.8 Å². The van der Waals surface area contributed by atoms with Crippen molar-refractivity contribution in [1.82, 2.24) is 0 Å². The molecule has 0 unspecified atom stereocenters. The predicted molar refractivity (Wildman–Crippen MR) is 118 cm³/mol. The van der Waals surface area contributed by atoms with Gasteiger partial charge < -0.3 is 9.84 Å². The van der Waals surface area contributed by atoms with Crippen molar-refractivity contribution in [2.24, 2.45) is 28.6 Å². The first kappa shape index (κ1) is 23.6. The van der Waals surface area contributed by atoms with Crippen LogP contribution in [0, 0.1) is 28.6 Å². The van der Waals surface area contributed by atoms with Gasteiger partial charge in [0.25, 0.3) is 0 Å². The highest BCUT2D eigenvalue weighted by atomic mass is 35.5. The average Bonchev–Trinajstić information content (AvgIpc) is 2.96. The zero-order valence-electron chi connectivity index (χ0n) is 19.1. The zero-order chi connectivity index (χ0) is 23.7. The molecule has 32 heavy (non-hydrogen) atoms. The molecule has 4 aliphatic carbocycles. The summed E-state index contributed by atoms with van der Waals surface area (Å²) in [6.07, 6.45) is 4.67. The molecule has 4 aliphatic rings. The minimum absolute atomic E-state index is 0.0285. The van der Waals surface area contributed by atoms with E-state index in [-0.39, 0.29) is 42.1 Å². The first-order valence-electron chi connectivity index (χ1n) is 11.5. The van der Waals surface area contributed by atoms with Crippen LogP contribution < -0.4 is 0 Å². The third kappa shape index (κ3) is 2.68. The molecule has 0 aliphatic heterocycles. The number of ketones is 2. The molecule has 0 amide bonds. The number of aliphatic hydroxyl groups excluding tert-OH is 1. The molecule has 0 aromatic carbocycles. The average molecular weight is 467 g/mol. The Labute approximate surface area is 193 Å². The fraction of sp³-hybridized carbons (Fsp3) is 0.720. The Morgan fingerprint density at radius 3 is 2.62 bits per heavy atom. The molecule has 1 N–H and O–H groups in total. The van der Waals surface area contributed by atoms with Gasteiger partial charge in [0.1, 0.15) is 0 Å². The summed E-state index contributed by atoms with van der Waals surface area (Å²) in [5.41, 5.74) is -4.83. The maximum atomic E-state index is 17.2. The summed E-state index contributed by atoms with van der Waals surface area (Å²) < 4.78 is 23.1. The molecule has 0 heterocycles. The lowest BCUT2D eigenvalue weighted by atomic mass is 9.44. The topological polar surface area (TPSA) is 80.7 Å². The highest BCUT2D eigenvalue weighted by Crippen LogP contribution is 2.71. The van der Waals surface area contributed by atoms with Crippen molar-refractivity contribution in [3.05, 3.63) is 23.8 Å². The van der Waals surface area contributed by atoms with Crippen LogP contribution in [-0.2, 0) is 19.1 Å². The van der Waals surface area contributed by atoms with E-state index < -0.39 is 40.1 Å². The van der Waals surface area contributed by atoms with Crippen LogP contribution in [0.15, 0.2) is 23.8 Å². The molecule has 3 saturated carbocycles. The molecule has 0 saturated heterocycles. The molecule has 0 radical (unpaired) electrons. The smallest absolute Gasteiger partial charge is 0.306 e. The minimum Gasteiger partial charge on any atom is -0.450 e. The largest absolute Gasteiger partial charge is 0.450 e. The molecule has 5 nitrogen and oxygen atoms in total. The molecule has 176 valence electrons. The van der Waals surface area contributed by atoms with Crippen LogP contribution in [0.4, 0.5) is 4.39 Å². The number of aliphatic hydroxyl groups is 1. The first-order chi connectivity index (χ1) is 14.9. The van der Waals surface area contributed by atoms with Crippen molar-refractivity contribution in [1.29, 1.82) is 0 Å². The Morgan fingerprint density at radius 2 is 2.00 bits per heavy atom. The second-order valence-corrected chi connectivity index (χ2v) is 10.8. The Kier molecular flexibility index (Phi) is 5.53. The van der Waals surface area contributed by atoms with Gasteiger partial charge >= 0.3 is 5.97 Å². The fourth-order valence-corrected chi connectivity index (χ4v) is 7.95. The molecule has 8 atom stereocenters. The summed E-state index contributed by atoms with van der Waals surface area (Å²) in [6.45, 7) is 7.13. The maximum Gasteiger partial charge on any atom is 0.306 e. The molecule has 0 aromatic heterocycles. The van der Waals surface area contributed by atoms with Crippen LogP contribution in [0.1, 0.15) is 59.8 Å². The van der Waals surface area contributed by atoms with E-state index in [4.69, 9.17) is 16.3 Å². The molecular weight excluding hydrogens is 435 g/mol. The van der Waals surface area contributed by atoms with E-state index in [1.165, 1.54) is 12.2 Å². The van der Waals surface area contributed by atoms with Crippen molar-refractivity contribution < 1.29 is 28.6 Å². The second-order valence-electron chi connectivity index (χ2n) is 10.5. The Balaban J connectivity index is 1.85. The van der Waals surface area contributed by atoms with Gasteiger partial charge in [0, 0.05) is 29.1 Å². The number of ether oxygens (including phenoxy) is 1. The quantitative estimate of drug-likeness (QED) is 0.498. The first-order valence-corrected chi connectivity index (χ1v) is 12.1. The standard InChI is InChI=1S/C25H32ClFO5/c1-5-21(31)32-25(20(30)13-26)14(2)10-18-17-7-6-15-11-16(28)8-9-22(15,3)24(17,27)19(29)12-23(18,25)4/h8-9,11,14,17-19,29H,5-7,10,12-13H2,1-4H3/t14-,17+,18+,19-,22+,23-,24+,25+/m0/s1. The number of fused-ring (bicyclic) bond motifs is 5. The van der Waals surface area contributed by atoms with E-state index in [1.54, 1.807) is 19.9 Å². The van der Waals surface area contributed by atoms with Crippen LogP contribution >= 0.6 is 11.6 Å². The summed E-state index contributed by atoms with van der Waals surface area (Å²) in [4.78, 5) is 37.7. The lowest BCUT2D eigenvalue weighted by Crippen LogP contribution is -2.70. The fourth-order valence-electron chi connectivity index (χ4n) is 7.75. The monoisotopic (exact) mass is 466 g/mol. The van der Waals surface area contributed by atoms with Crippen molar-refractivity contribution in [2.75, 3.05) is 5.88 Å². The number of halogens is 2. The lowest BCUT2D eigenvalue weighted by Gasteiger charge is -2.62. The molecular formula is C25H32ClFO5. The van der Waals surface area contributed by atoms with E-state index in [0.717, 1.165) is 0 Å². The van der Waals surface area contributed by atoms with Gasteiger partial charge in [-0.05, 0) is 50.7 Å². The summed E-state index contributed by atoms with van der Waals surface area (Å²) in [6, 6.07) is 0. The normalized spacial score (nSPS) is 47.2. The number of Topliss-reactive ketones (excluding diaryl/α,β-unsaturated/α-hetero) is 1. The van der Waals surface area contributed by atoms with Crippen molar-refractivity contribution in [3.8, 4) is 0 Å². The highest BCUT2D eigenvalue weighted by Gasteiger charge is 2.77. The van der Waals surface area contributed by atoms with Gasteiger partial charge in [-0.2, -0.15) is 0 Å². The second kappa shape index (κ2) is 7.49. The van der Waals surface area contributed by atoms with Crippen LogP contribution in [0.2, 0.25) is 0 Å². The van der Waals surface area contributed by atoms with Crippen LogP contribution in [0.3, 0.4) is 0 Å². The summed E-state index contributed by atoms with van der Waals surface area (Å²) >= 11 is 6.01. The number of alkyl halides is 2. The summed E-state index contributed by atoms with van der Waals surface area (Å²) in [7, 11) is 0. The molecule has 4 rings (SSSR count). The maximum absolute atomic E-state index is 17.2. The minimum atomic E-state index is -1.99. The van der Waals surface area contributed by atoms with Crippen molar-refractivity contribution in [3.63, 3.8) is 0 Å². The molecule has 7 heteroatoms. The van der Waals surface area contributed by atoms with Crippen LogP contribution in [0.5, 0.6) is 0 Å². The van der Waals surface area contributed by atoms with Gasteiger partial charge in [-0.3, -0.25) is 14.4 Å². The molecule has 0 aromatic rings. The third-order valence-electron chi connectivity index (χ3n) is 9.28. The van der Waals surface area contributed by atoms with Gasteiger partial charge in [0.05, 0.1) is 12.0 Å². The Morgan fingerprint density at radius 1 is 1.31 bits per heavy atom. The number of rotatable bonds is 4. The number of esters is 1. The number of hydrogen-bond donors (Lipinski definition) is 1. The van der Waals surface area contributed by atoms with E-state index in [2.05, 4.69) is 0 Å². The highest BCUT2D eigenvalue weighted by molar-refractivity contribution is 6.29. The summed E-state index contributed by atoms with van der Waals surface area (Å²) in [5.74, 6) is -2.57. The van der Waals surface area contributed by atoms with Gasteiger partial charge in [-0.1, -0.05) is 32.4 Å². The zero-order valence-corrected chi connectivity index (χ0v) is 19.9. The number of hydrogen-bond acceptors (Lipinski definition) is 5. The third-order valence-corrected chi connectivity index (χ3v) is 9.52. The Bertz CT molecular complexity index is 929.